The molecule has 0 aromatic heterocycles. The highest BCUT2D eigenvalue weighted by molar-refractivity contribution is 5.83. The summed E-state index contributed by atoms with van der Waals surface area (Å²) in [6.45, 7) is 3.51. The topological polar surface area (TPSA) is 66.8 Å². The van der Waals surface area contributed by atoms with E-state index in [1.807, 2.05) is 6.92 Å². The fourth-order valence-electron chi connectivity index (χ4n) is 3.00. The zero-order valence-corrected chi connectivity index (χ0v) is 10.9. The maximum atomic E-state index is 12.2. The van der Waals surface area contributed by atoms with Gasteiger partial charge >= 0.3 is 5.97 Å². The van der Waals surface area contributed by atoms with E-state index in [0.717, 1.165) is 19.3 Å². The number of likely N-dealkylation sites (tertiary alicyclic amines) is 1. The Bertz CT molecular complexity index is 338. The molecule has 2 unspecified atom stereocenters. The molecule has 0 spiro atoms. The summed E-state index contributed by atoms with van der Waals surface area (Å²) in [5.74, 6) is -0.793. The number of ether oxygens (including phenoxy) is 1. The smallest absolute Gasteiger partial charge is 0.311 e. The monoisotopic (exact) mass is 255 g/mol. The van der Waals surface area contributed by atoms with Crippen molar-refractivity contribution in [2.45, 2.75) is 45.1 Å². The molecule has 2 aliphatic rings. The van der Waals surface area contributed by atoms with E-state index in [4.69, 9.17) is 4.74 Å². The molecule has 2 heterocycles. The van der Waals surface area contributed by atoms with E-state index in [-0.39, 0.29) is 12.0 Å². The van der Waals surface area contributed by atoms with Gasteiger partial charge in [0.15, 0.2) is 0 Å². The highest BCUT2D eigenvalue weighted by Gasteiger charge is 2.46. The van der Waals surface area contributed by atoms with Gasteiger partial charge in [-0.25, -0.2) is 0 Å². The summed E-state index contributed by atoms with van der Waals surface area (Å²) in [6, 6.07) is 0. The molecular formula is C13H21NO4. The van der Waals surface area contributed by atoms with Crippen molar-refractivity contribution in [3.05, 3.63) is 0 Å². The van der Waals surface area contributed by atoms with Crippen LogP contribution in [0.2, 0.25) is 0 Å². The largest absolute Gasteiger partial charge is 0.481 e. The molecule has 18 heavy (non-hydrogen) atoms. The van der Waals surface area contributed by atoms with Crippen LogP contribution in [0, 0.1) is 5.41 Å². The van der Waals surface area contributed by atoms with Crippen LogP contribution in [0.3, 0.4) is 0 Å². The Balaban J connectivity index is 2.01. The summed E-state index contributed by atoms with van der Waals surface area (Å²) >= 11 is 0. The Morgan fingerprint density at radius 2 is 2.28 bits per heavy atom. The molecule has 1 N–H and O–H groups in total. The van der Waals surface area contributed by atoms with Crippen molar-refractivity contribution in [2.24, 2.45) is 5.41 Å². The third kappa shape index (κ3) is 2.36. The molecule has 2 saturated heterocycles. The third-order valence-corrected chi connectivity index (χ3v) is 4.05. The summed E-state index contributed by atoms with van der Waals surface area (Å²) < 4.78 is 5.38. The van der Waals surface area contributed by atoms with Gasteiger partial charge in [0.05, 0.1) is 5.41 Å². The fourth-order valence-corrected chi connectivity index (χ4v) is 3.00. The lowest BCUT2D eigenvalue weighted by molar-refractivity contribution is -0.149. The number of hydrogen-bond acceptors (Lipinski definition) is 3. The predicted molar refractivity (Wildman–Crippen MR) is 65.1 cm³/mol. The SMILES string of the molecule is CCCC1(C(=O)O)CCN(C(=O)C2CCCO2)C1. The van der Waals surface area contributed by atoms with E-state index < -0.39 is 11.4 Å². The van der Waals surface area contributed by atoms with Crippen molar-refractivity contribution in [3.8, 4) is 0 Å². The molecule has 0 aromatic carbocycles. The van der Waals surface area contributed by atoms with Crippen LogP contribution in [-0.2, 0) is 14.3 Å². The normalized spacial score (nSPS) is 31.8. The molecule has 2 atom stereocenters. The van der Waals surface area contributed by atoms with E-state index in [1.165, 1.54) is 0 Å². The minimum Gasteiger partial charge on any atom is -0.481 e. The van der Waals surface area contributed by atoms with Crippen molar-refractivity contribution < 1.29 is 19.4 Å². The predicted octanol–water partition coefficient (Wildman–Crippen LogP) is 1.27. The lowest BCUT2D eigenvalue weighted by atomic mass is 9.83. The Morgan fingerprint density at radius 1 is 1.50 bits per heavy atom. The van der Waals surface area contributed by atoms with E-state index in [2.05, 4.69) is 0 Å². The Labute approximate surface area is 107 Å². The van der Waals surface area contributed by atoms with Gasteiger partial charge in [-0.1, -0.05) is 13.3 Å². The molecule has 102 valence electrons. The van der Waals surface area contributed by atoms with E-state index in [0.29, 0.717) is 32.5 Å². The number of carboxylic acid groups (broad SMARTS) is 1. The average molecular weight is 255 g/mol. The van der Waals surface area contributed by atoms with Gasteiger partial charge in [-0.2, -0.15) is 0 Å². The van der Waals surface area contributed by atoms with Crippen molar-refractivity contribution >= 4 is 11.9 Å². The first-order valence-electron chi connectivity index (χ1n) is 6.73. The number of carboxylic acids is 1. The second kappa shape index (κ2) is 5.26. The van der Waals surface area contributed by atoms with Crippen molar-refractivity contribution in [1.82, 2.24) is 4.90 Å². The fraction of sp³-hybridized carbons (Fsp3) is 0.846. The van der Waals surface area contributed by atoms with Crippen molar-refractivity contribution in [3.63, 3.8) is 0 Å². The molecule has 2 rings (SSSR count). The average Bonchev–Trinajstić information content (AvgIpc) is 2.98. The summed E-state index contributed by atoms with van der Waals surface area (Å²) in [4.78, 5) is 25.3. The molecule has 0 aliphatic carbocycles. The maximum absolute atomic E-state index is 12.2. The van der Waals surface area contributed by atoms with E-state index in [1.54, 1.807) is 4.90 Å². The first-order valence-corrected chi connectivity index (χ1v) is 6.73. The van der Waals surface area contributed by atoms with Gasteiger partial charge in [-0.05, 0) is 25.7 Å². The minimum atomic E-state index is -0.771. The zero-order chi connectivity index (χ0) is 13.2. The lowest BCUT2D eigenvalue weighted by Crippen LogP contribution is -2.41. The van der Waals surface area contributed by atoms with E-state index in [9.17, 15) is 14.7 Å². The van der Waals surface area contributed by atoms with Crippen LogP contribution in [0.15, 0.2) is 0 Å². The van der Waals surface area contributed by atoms with Crippen molar-refractivity contribution in [2.75, 3.05) is 19.7 Å². The highest BCUT2D eigenvalue weighted by Crippen LogP contribution is 2.36. The summed E-state index contributed by atoms with van der Waals surface area (Å²) in [5, 5.41) is 9.39. The second-order valence-electron chi connectivity index (χ2n) is 5.35. The number of carbonyl (C=O) groups is 2. The molecule has 0 radical (unpaired) electrons. The Kier molecular flexibility index (Phi) is 3.90. The van der Waals surface area contributed by atoms with Crippen LogP contribution >= 0.6 is 0 Å². The van der Waals surface area contributed by atoms with Crippen LogP contribution in [0.4, 0.5) is 0 Å². The number of rotatable bonds is 4. The van der Waals surface area contributed by atoms with Crippen LogP contribution in [0.25, 0.3) is 0 Å². The molecule has 0 aromatic rings. The quantitative estimate of drug-likeness (QED) is 0.821. The Hall–Kier alpha value is -1.10. The molecule has 0 bridgehead atoms. The number of carbonyl (C=O) groups excluding carboxylic acids is 1. The standard InChI is InChI=1S/C13H21NO4/c1-2-5-13(12(16)17)6-7-14(9-13)11(15)10-4-3-8-18-10/h10H,2-9H2,1H3,(H,16,17). The van der Waals surface area contributed by atoms with Gasteiger partial charge in [-0.3, -0.25) is 9.59 Å². The van der Waals surface area contributed by atoms with Gasteiger partial charge in [0.1, 0.15) is 6.10 Å². The first-order chi connectivity index (χ1) is 8.59. The molecule has 5 nitrogen and oxygen atoms in total. The van der Waals surface area contributed by atoms with Crippen LogP contribution in [0.1, 0.15) is 39.0 Å². The summed E-state index contributed by atoms with van der Waals surface area (Å²) in [5.41, 5.74) is -0.733. The third-order valence-electron chi connectivity index (χ3n) is 4.05. The second-order valence-corrected chi connectivity index (χ2v) is 5.35. The van der Waals surface area contributed by atoms with Gasteiger partial charge in [-0.15, -0.1) is 0 Å². The molecule has 1 amide bonds. The van der Waals surface area contributed by atoms with Crippen LogP contribution in [0.5, 0.6) is 0 Å². The van der Waals surface area contributed by atoms with Crippen LogP contribution < -0.4 is 0 Å². The number of nitrogens with zero attached hydrogens (tertiary/aromatic N) is 1. The van der Waals surface area contributed by atoms with Crippen molar-refractivity contribution in [1.29, 1.82) is 0 Å². The highest BCUT2D eigenvalue weighted by atomic mass is 16.5. The van der Waals surface area contributed by atoms with Gasteiger partial charge in [0.25, 0.3) is 5.91 Å². The number of aliphatic carboxylic acids is 1. The first kappa shape index (κ1) is 13.3. The Morgan fingerprint density at radius 3 is 2.83 bits per heavy atom. The summed E-state index contributed by atoms with van der Waals surface area (Å²) in [7, 11) is 0. The zero-order valence-electron chi connectivity index (χ0n) is 10.9. The molecule has 2 fully saturated rings. The molecular weight excluding hydrogens is 234 g/mol. The van der Waals surface area contributed by atoms with E-state index >= 15 is 0 Å². The minimum absolute atomic E-state index is 0.0215. The van der Waals surface area contributed by atoms with Gasteiger partial charge < -0.3 is 14.7 Å². The number of amides is 1. The maximum Gasteiger partial charge on any atom is 0.311 e. The molecule has 0 saturated carbocycles. The lowest BCUT2D eigenvalue weighted by Gasteiger charge is -2.25. The van der Waals surface area contributed by atoms with Gasteiger partial charge in [0, 0.05) is 19.7 Å². The summed E-state index contributed by atoms with van der Waals surface area (Å²) in [6.07, 6.45) is 3.38. The molecule has 5 heteroatoms. The van der Waals surface area contributed by atoms with Gasteiger partial charge in [0.2, 0.25) is 0 Å². The van der Waals surface area contributed by atoms with Crippen LogP contribution in [-0.4, -0.2) is 47.7 Å². The number of hydrogen-bond donors (Lipinski definition) is 1. The molecule has 2 aliphatic heterocycles.